The Morgan fingerprint density at radius 1 is 1.33 bits per heavy atom. The molecule has 1 aromatic carbocycles. The maximum absolute atomic E-state index is 13.7. The van der Waals surface area contributed by atoms with Crippen molar-refractivity contribution in [2.75, 3.05) is 7.05 Å². The zero-order valence-electron chi connectivity index (χ0n) is 12.0. The molecule has 0 atom stereocenters. The molecule has 1 saturated carbocycles. The number of carboxylic acids is 1. The molecule has 0 spiro atoms. The fourth-order valence-corrected chi connectivity index (χ4v) is 4.20. The van der Waals surface area contributed by atoms with Gasteiger partial charge in [0.05, 0.1) is 10.5 Å². The zero-order chi connectivity index (χ0) is 15.8. The van der Waals surface area contributed by atoms with Crippen molar-refractivity contribution in [2.24, 2.45) is 0 Å². The maximum atomic E-state index is 13.7. The van der Waals surface area contributed by atoms with E-state index in [1.165, 1.54) is 24.3 Å². The predicted octanol–water partition coefficient (Wildman–Crippen LogP) is 2.40. The first-order chi connectivity index (χ1) is 9.75. The summed E-state index contributed by atoms with van der Waals surface area (Å²) in [6.45, 7) is 1.36. The highest BCUT2D eigenvalue weighted by atomic mass is 32.2. The van der Waals surface area contributed by atoms with Crippen molar-refractivity contribution in [3.05, 3.63) is 29.1 Å². The number of carboxylic acid groups (broad SMARTS) is 1. The first-order valence-corrected chi connectivity index (χ1v) is 8.20. The minimum absolute atomic E-state index is 0.00768. The third-order valence-corrected chi connectivity index (χ3v) is 5.86. The molecule has 7 heteroatoms. The number of sulfonamides is 1. The van der Waals surface area contributed by atoms with Crippen LogP contribution in [0.3, 0.4) is 0 Å². The summed E-state index contributed by atoms with van der Waals surface area (Å²) >= 11 is 0. The highest BCUT2D eigenvalue weighted by Crippen LogP contribution is 2.28. The minimum atomic E-state index is -3.81. The number of halogens is 1. The van der Waals surface area contributed by atoms with Crippen molar-refractivity contribution in [1.29, 1.82) is 0 Å². The third-order valence-electron chi connectivity index (χ3n) is 3.97. The summed E-state index contributed by atoms with van der Waals surface area (Å²) in [6.07, 6.45) is 3.55. The molecule has 1 aromatic rings. The molecule has 1 aliphatic carbocycles. The lowest BCUT2D eigenvalue weighted by Crippen LogP contribution is -2.35. The van der Waals surface area contributed by atoms with Crippen molar-refractivity contribution < 1.29 is 22.7 Å². The largest absolute Gasteiger partial charge is 0.478 e. The molecular weight excluding hydrogens is 297 g/mol. The molecule has 21 heavy (non-hydrogen) atoms. The van der Waals surface area contributed by atoms with Crippen molar-refractivity contribution in [3.8, 4) is 0 Å². The van der Waals surface area contributed by atoms with Gasteiger partial charge in [0.15, 0.2) is 0 Å². The van der Waals surface area contributed by atoms with Gasteiger partial charge in [-0.3, -0.25) is 0 Å². The van der Waals surface area contributed by atoms with Crippen LogP contribution in [0.25, 0.3) is 0 Å². The van der Waals surface area contributed by atoms with Crippen molar-refractivity contribution in [3.63, 3.8) is 0 Å². The first kappa shape index (κ1) is 15.9. The van der Waals surface area contributed by atoms with Gasteiger partial charge in [-0.05, 0) is 37.5 Å². The van der Waals surface area contributed by atoms with Gasteiger partial charge in [-0.25, -0.2) is 17.6 Å². The Balaban J connectivity index is 2.47. The number of aromatic carboxylic acids is 1. The van der Waals surface area contributed by atoms with Crippen LogP contribution >= 0.6 is 0 Å². The van der Waals surface area contributed by atoms with Gasteiger partial charge in [0, 0.05) is 13.1 Å². The summed E-state index contributed by atoms with van der Waals surface area (Å²) in [6, 6.07) is 2.00. The second-order valence-corrected chi connectivity index (χ2v) is 7.36. The lowest BCUT2D eigenvalue weighted by Gasteiger charge is -2.24. The van der Waals surface area contributed by atoms with Crippen LogP contribution in [-0.2, 0) is 10.0 Å². The van der Waals surface area contributed by atoms with E-state index < -0.39 is 27.4 Å². The van der Waals surface area contributed by atoms with Gasteiger partial charge in [-0.15, -0.1) is 0 Å². The quantitative estimate of drug-likeness (QED) is 0.926. The number of aryl methyl sites for hydroxylation is 1. The van der Waals surface area contributed by atoms with Gasteiger partial charge < -0.3 is 5.11 Å². The summed E-state index contributed by atoms with van der Waals surface area (Å²) in [7, 11) is -2.32. The van der Waals surface area contributed by atoms with Gasteiger partial charge >= 0.3 is 5.97 Å². The van der Waals surface area contributed by atoms with Crippen LogP contribution in [0.15, 0.2) is 17.0 Å². The fraction of sp³-hybridized carbons (Fsp3) is 0.500. The smallest absolute Gasteiger partial charge is 0.338 e. The van der Waals surface area contributed by atoms with Gasteiger partial charge in [0.25, 0.3) is 0 Å². The van der Waals surface area contributed by atoms with E-state index >= 15 is 0 Å². The van der Waals surface area contributed by atoms with Gasteiger partial charge in [0.1, 0.15) is 5.82 Å². The predicted molar refractivity (Wildman–Crippen MR) is 75.3 cm³/mol. The summed E-state index contributed by atoms with van der Waals surface area (Å²) in [4.78, 5) is 10.9. The van der Waals surface area contributed by atoms with E-state index in [0.29, 0.717) is 0 Å². The van der Waals surface area contributed by atoms with Crippen LogP contribution in [0.1, 0.15) is 41.6 Å². The second-order valence-electron chi connectivity index (χ2n) is 5.37. The van der Waals surface area contributed by atoms with Gasteiger partial charge in [-0.1, -0.05) is 12.8 Å². The highest BCUT2D eigenvalue weighted by molar-refractivity contribution is 7.89. The average molecular weight is 315 g/mol. The summed E-state index contributed by atoms with van der Waals surface area (Å²) in [5, 5.41) is 8.98. The van der Waals surface area contributed by atoms with Crippen LogP contribution in [0.2, 0.25) is 0 Å². The maximum Gasteiger partial charge on any atom is 0.338 e. The zero-order valence-corrected chi connectivity index (χ0v) is 12.8. The third kappa shape index (κ3) is 2.94. The lowest BCUT2D eigenvalue weighted by atomic mass is 10.1. The van der Waals surface area contributed by atoms with Crippen LogP contribution < -0.4 is 0 Å². The molecule has 0 unspecified atom stereocenters. The van der Waals surface area contributed by atoms with E-state index in [0.717, 1.165) is 31.7 Å². The molecule has 116 valence electrons. The van der Waals surface area contributed by atoms with Gasteiger partial charge in [-0.2, -0.15) is 4.31 Å². The molecule has 0 aliphatic heterocycles. The van der Waals surface area contributed by atoms with Crippen LogP contribution in [0.5, 0.6) is 0 Å². The summed E-state index contributed by atoms with van der Waals surface area (Å²) in [5.74, 6) is -2.37. The first-order valence-electron chi connectivity index (χ1n) is 6.76. The minimum Gasteiger partial charge on any atom is -0.478 e. The van der Waals surface area contributed by atoms with Crippen molar-refractivity contribution in [1.82, 2.24) is 4.31 Å². The summed E-state index contributed by atoms with van der Waals surface area (Å²) in [5.41, 5.74) is -0.610. The van der Waals surface area contributed by atoms with Crippen molar-refractivity contribution >= 4 is 16.0 Å². The molecule has 0 heterocycles. The van der Waals surface area contributed by atoms with E-state index in [1.54, 1.807) is 0 Å². The van der Waals surface area contributed by atoms with Crippen LogP contribution in [-0.4, -0.2) is 36.9 Å². The Bertz CT molecular complexity index is 666. The van der Waals surface area contributed by atoms with E-state index in [4.69, 9.17) is 5.11 Å². The molecule has 1 fully saturated rings. The number of nitrogens with zero attached hydrogens (tertiary/aromatic N) is 1. The molecule has 0 saturated heterocycles. The Labute approximate surface area is 123 Å². The molecule has 1 N–H and O–H groups in total. The number of hydrogen-bond donors (Lipinski definition) is 1. The molecule has 0 radical (unpaired) electrons. The Hall–Kier alpha value is -1.47. The molecule has 0 aromatic heterocycles. The van der Waals surface area contributed by atoms with Crippen LogP contribution in [0.4, 0.5) is 4.39 Å². The topological polar surface area (TPSA) is 74.7 Å². The number of hydrogen-bond acceptors (Lipinski definition) is 3. The Morgan fingerprint density at radius 3 is 2.43 bits per heavy atom. The SMILES string of the molecule is Cc1cc(S(=O)(=O)N(C)C2CCCC2)cc(C(=O)O)c1F. The monoisotopic (exact) mass is 315 g/mol. The Morgan fingerprint density at radius 2 is 1.90 bits per heavy atom. The van der Waals surface area contributed by atoms with E-state index in [1.807, 2.05) is 0 Å². The molecule has 0 bridgehead atoms. The number of rotatable bonds is 4. The number of benzene rings is 1. The normalized spacial score (nSPS) is 16.6. The van der Waals surface area contributed by atoms with Gasteiger partial charge in [0.2, 0.25) is 10.0 Å². The molecule has 2 rings (SSSR count). The van der Waals surface area contributed by atoms with E-state index in [-0.39, 0.29) is 16.5 Å². The second kappa shape index (κ2) is 5.73. The molecule has 5 nitrogen and oxygen atoms in total. The van der Waals surface area contributed by atoms with E-state index in [9.17, 15) is 17.6 Å². The summed E-state index contributed by atoms with van der Waals surface area (Å²) < 4.78 is 40.1. The van der Waals surface area contributed by atoms with E-state index in [2.05, 4.69) is 0 Å². The fourth-order valence-electron chi connectivity index (χ4n) is 2.67. The average Bonchev–Trinajstić information content (AvgIpc) is 2.94. The number of carbonyl (C=O) groups is 1. The Kier molecular flexibility index (Phi) is 4.34. The molecule has 1 aliphatic rings. The molecular formula is C14H18FNO4S. The standard InChI is InChI=1S/C14H18FNO4S/c1-9-7-11(8-12(13(9)15)14(17)18)21(19,20)16(2)10-5-3-4-6-10/h7-8,10H,3-6H2,1-2H3,(H,17,18). The molecule has 0 amide bonds. The van der Waals surface area contributed by atoms with Crippen molar-refractivity contribution in [2.45, 2.75) is 43.5 Å². The lowest BCUT2D eigenvalue weighted by molar-refractivity contribution is 0.0691. The van der Waals surface area contributed by atoms with Crippen LogP contribution in [0, 0.1) is 12.7 Å². The highest BCUT2D eigenvalue weighted by Gasteiger charge is 2.31.